The van der Waals surface area contributed by atoms with Gasteiger partial charge in [-0.15, -0.1) is 0 Å². The van der Waals surface area contributed by atoms with Gasteiger partial charge in [0.1, 0.15) is 17.2 Å². The van der Waals surface area contributed by atoms with Gasteiger partial charge in [-0.3, -0.25) is 0 Å². The molecule has 29 nitrogen and oxygen atoms in total. The molecule has 4 fully saturated rings. The molecule has 4 saturated carbocycles. The van der Waals surface area contributed by atoms with E-state index in [9.17, 15) is 85.7 Å². The Bertz CT molecular complexity index is 6220. The van der Waals surface area contributed by atoms with Gasteiger partial charge in [0.05, 0.1) is 73.9 Å². The topological polar surface area (TPSA) is 414 Å². The number of para-hydroxylation sites is 8. The molecular weight excluding hydrogens is 1730 g/mol. The number of amides is 12. The zero-order valence-corrected chi connectivity index (χ0v) is 72.2. The van der Waals surface area contributed by atoms with Gasteiger partial charge >= 0.3 is 36.2 Å². The normalized spacial score (nSPS) is 14.3. The summed E-state index contributed by atoms with van der Waals surface area (Å²) in [5.74, 6) is -3.00. The Morgan fingerprint density at radius 1 is 0.301 bits per heavy atom. The summed E-state index contributed by atoms with van der Waals surface area (Å²) in [6.45, 7) is 3.75. The number of ether oxygens (including phenoxy) is 5. The first-order valence-electron chi connectivity index (χ1n) is 41.0. The van der Waals surface area contributed by atoms with E-state index >= 15 is 0 Å². The summed E-state index contributed by atoms with van der Waals surface area (Å²) in [6.07, 6.45) is 7.11. The third-order valence-corrected chi connectivity index (χ3v) is 20.9. The number of rotatable bonds is 18. The molecule has 0 saturated heterocycles. The van der Waals surface area contributed by atoms with Crippen molar-refractivity contribution in [2.75, 3.05) is 86.9 Å². The maximum atomic E-state index is 13.3. The van der Waals surface area contributed by atoms with Crippen LogP contribution in [0.4, 0.5) is 118 Å². The van der Waals surface area contributed by atoms with Gasteiger partial charge < -0.3 is 118 Å². The van der Waals surface area contributed by atoms with E-state index in [0.29, 0.717) is 62.9 Å². The average molecular weight is 1830 g/mol. The van der Waals surface area contributed by atoms with Gasteiger partial charge in [0, 0.05) is 46.2 Å². The Morgan fingerprint density at radius 2 is 0.624 bits per heavy atom. The molecule has 0 heterocycles. The molecule has 35 heteroatoms. The highest BCUT2D eigenvalue weighted by Crippen LogP contribution is 2.56. The third-order valence-electron chi connectivity index (χ3n) is 20.9. The van der Waals surface area contributed by atoms with Crippen LogP contribution in [0, 0.1) is 66.5 Å². The number of methoxy groups -OCH3 is 4. The van der Waals surface area contributed by atoms with Gasteiger partial charge in [-0.25, -0.2) is 55.1 Å². The van der Waals surface area contributed by atoms with E-state index in [4.69, 9.17) is 23.7 Å². The van der Waals surface area contributed by atoms with E-state index in [0.717, 1.165) is 95.3 Å². The molecule has 0 unspecified atom stereocenters. The molecule has 18 N–H and O–H groups in total. The van der Waals surface area contributed by atoms with E-state index < -0.39 is 99.6 Å². The molecule has 0 aromatic heterocycles. The minimum Gasteiger partial charge on any atom is -0.503 e. The second-order valence-corrected chi connectivity index (χ2v) is 30.4. The summed E-state index contributed by atoms with van der Waals surface area (Å²) >= 11 is 0. The number of halogens is 6. The molecule has 0 spiro atoms. The fourth-order valence-corrected chi connectivity index (χ4v) is 15.2. The Labute approximate surface area is 759 Å². The number of phenolic OH excluding ortho intramolecular Hbond substituents is 6. The molecule has 4 bridgehead atoms. The summed E-state index contributed by atoms with van der Waals surface area (Å²) in [4.78, 5) is 71.9. The van der Waals surface area contributed by atoms with Crippen molar-refractivity contribution in [2.45, 2.75) is 57.9 Å². The van der Waals surface area contributed by atoms with Gasteiger partial charge in [0.25, 0.3) is 0 Å². The van der Waals surface area contributed by atoms with Gasteiger partial charge in [-0.2, -0.15) is 0 Å². The lowest BCUT2D eigenvalue weighted by Crippen LogP contribution is -2.60. The predicted molar refractivity (Wildman–Crippen MR) is 497 cm³/mol. The molecule has 13 aromatic carbocycles. The van der Waals surface area contributed by atoms with Crippen LogP contribution in [0.5, 0.6) is 69.0 Å². The first-order chi connectivity index (χ1) is 63.9. The Kier molecular flexibility index (Phi) is 33.2. The molecule has 12 amide bonds. The summed E-state index contributed by atoms with van der Waals surface area (Å²) in [5, 5.41) is 89.9. The molecule has 13 aromatic rings. The second-order valence-electron chi connectivity index (χ2n) is 30.4. The van der Waals surface area contributed by atoms with Crippen molar-refractivity contribution < 1.29 is 109 Å². The lowest BCUT2D eigenvalue weighted by Gasteiger charge is -2.56. The van der Waals surface area contributed by atoms with Gasteiger partial charge in [0.2, 0.25) is 5.75 Å². The van der Waals surface area contributed by atoms with Crippen molar-refractivity contribution in [1.29, 1.82) is 0 Å². The van der Waals surface area contributed by atoms with Crippen LogP contribution in [0.1, 0.15) is 49.7 Å². The van der Waals surface area contributed by atoms with Crippen LogP contribution in [0.25, 0.3) is 10.8 Å². The van der Waals surface area contributed by atoms with Gasteiger partial charge in [-0.1, -0.05) is 115 Å². The standard InChI is InChI=1S/C19H15FN2O3.C17H21FN2O2.C17H13FN2O2.C16H17FN2O5.C15H15FN2O2.C14H13FN2O3/c20-16-7-4-8-17(18(16)23)22-19(24)21-13-9-11-15(12-10-13)25-14-5-2-1-3-6-14;18-13-2-1-3-14(15(13)21)19-16(22)20-17-7-10-4-11(8-17)6-12(5-10)9-17;18-13-8-4-10-15(16(13)21)20-17(22)19-14-9-3-6-11-5-1-2-7-12(11)14;1-22-12-7-9(8-13(23-2)15(12)24-3)18-16(21)19-11-6-4-5-10(17)14(11)20;1-9-5-3-6-10(2)13(9)18-15(20)17-12-8-4-7-11(16)14(12)19;1-20-10-5-2-4-9(8-10)16-14(19)17-12-7-3-6-11(15)13(12)18/h1-12,23H,(H2,21,22,24);1-3,10-12,21H,4-9H2,(H2,19,20,22);1-10,21H,(H2,19,20,22);4-8,20H,1-3H3,(H2,18,19,21);3-8,19H,1-2H3,(H2,17,18,20);2-8,18H,1H3,(H2,16,17,19). The number of urea groups is 6. The highest BCUT2D eigenvalue weighted by atomic mass is 19.1. The highest BCUT2D eigenvalue weighted by Gasteiger charge is 2.51. The summed E-state index contributed by atoms with van der Waals surface area (Å²) in [5.41, 5.74) is 4.53. The zero-order chi connectivity index (χ0) is 95.4. The van der Waals surface area contributed by atoms with Gasteiger partial charge in [0.15, 0.2) is 80.9 Å². The number of fused-ring (bicyclic) bond motifs is 1. The SMILES string of the molecule is COc1cc(NC(=O)Nc2cccc(F)c2O)cc(OC)c1OC.COc1cccc(NC(=O)Nc2cccc(F)c2O)c1.Cc1cccc(C)c1NC(=O)Nc1cccc(F)c1O.O=C(Nc1ccc(Oc2ccccc2)cc1)Nc1cccc(F)c1O.O=C(Nc1cccc(F)c1O)NC12CC3CC(CC(C3)C1)C2.O=C(Nc1cccc(F)c1O)Nc1cccc2ccccc12. The maximum absolute atomic E-state index is 13.3. The number of hydrogen-bond donors (Lipinski definition) is 18. The fourth-order valence-electron chi connectivity index (χ4n) is 15.2. The van der Waals surface area contributed by atoms with E-state index in [1.165, 1.54) is 133 Å². The zero-order valence-electron chi connectivity index (χ0n) is 72.2. The van der Waals surface area contributed by atoms with Crippen LogP contribution in [0.2, 0.25) is 0 Å². The maximum Gasteiger partial charge on any atom is 0.323 e. The Morgan fingerprint density at radius 3 is 1.04 bits per heavy atom. The largest absolute Gasteiger partial charge is 0.503 e. The van der Waals surface area contributed by atoms with Crippen molar-refractivity contribution in [3.8, 4) is 69.0 Å². The van der Waals surface area contributed by atoms with Crippen LogP contribution >= 0.6 is 0 Å². The van der Waals surface area contributed by atoms with Crippen LogP contribution in [0.3, 0.4) is 0 Å². The quantitative estimate of drug-likeness (QED) is 0.0280. The number of carbonyl (C=O) groups is 6. The Hall–Kier alpha value is -16.9. The first-order valence-corrected chi connectivity index (χ1v) is 41.0. The summed E-state index contributed by atoms with van der Waals surface area (Å²) < 4.78 is 106. The molecule has 0 atom stereocenters. The smallest absolute Gasteiger partial charge is 0.323 e. The van der Waals surface area contributed by atoms with Crippen LogP contribution in [-0.4, -0.2) is 101 Å². The van der Waals surface area contributed by atoms with E-state index in [1.54, 1.807) is 54.6 Å². The van der Waals surface area contributed by atoms with Crippen molar-refractivity contribution in [1.82, 2.24) is 5.32 Å². The molecule has 4 aliphatic carbocycles. The third kappa shape index (κ3) is 26.9. The number of aryl methyl sites for hydroxylation is 2. The fraction of sp³-hybridized carbons (Fsp3) is 0.163. The lowest BCUT2D eigenvalue weighted by molar-refractivity contribution is -0.0127. The van der Waals surface area contributed by atoms with Crippen molar-refractivity contribution in [2.24, 2.45) is 17.8 Å². The Balaban J connectivity index is 0.000000154. The summed E-state index contributed by atoms with van der Waals surface area (Å²) in [6, 6.07) is 65.0. The van der Waals surface area contributed by atoms with E-state index in [2.05, 4.69) is 63.8 Å². The van der Waals surface area contributed by atoms with Crippen LogP contribution in [0.15, 0.2) is 261 Å². The molecule has 690 valence electrons. The van der Waals surface area contributed by atoms with E-state index in [1.807, 2.05) is 98.8 Å². The lowest BCUT2D eigenvalue weighted by atomic mass is 9.53. The minimum absolute atomic E-state index is 0.00889. The number of carbonyl (C=O) groups excluding carboxylic acids is 6. The molecule has 17 rings (SSSR count). The highest BCUT2D eigenvalue weighted by molar-refractivity contribution is 6.07. The van der Waals surface area contributed by atoms with Crippen molar-refractivity contribution >= 4 is 110 Å². The number of aromatic hydroxyl groups is 6. The van der Waals surface area contributed by atoms with Crippen LogP contribution in [-0.2, 0) is 0 Å². The van der Waals surface area contributed by atoms with E-state index in [-0.39, 0.29) is 45.7 Å². The van der Waals surface area contributed by atoms with Crippen LogP contribution < -0.4 is 87.5 Å². The molecule has 0 radical (unpaired) electrons. The minimum atomic E-state index is -0.833. The first kappa shape index (κ1) is 96.7. The summed E-state index contributed by atoms with van der Waals surface area (Å²) in [7, 11) is 5.88. The molecule has 0 aliphatic heterocycles. The van der Waals surface area contributed by atoms with Crippen molar-refractivity contribution in [3.05, 3.63) is 307 Å². The second kappa shape index (κ2) is 45.7. The number of phenols is 6. The molecule has 133 heavy (non-hydrogen) atoms. The molecule has 4 aliphatic rings. The number of anilines is 11. The predicted octanol–water partition coefficient (Wildman–Crippen LogP) is 23.1. The number of hydrogen-bond acceptors (Lipinski definition) is 17. The number of benzene rings is 13. The van der Waals surface area contributed by atoms with Gasteiger partial charge in [-0.05, 0) is 214 Å². The molecular formula is C98H94F6N12O17. The number of nitrogens with one attached hydrogen (secondary N) is 12. The monoisotopic (exact) mass is 1820 g/mol. The van der Waals surface area contributed by atoms with Crippen molar-refractivity contribution in [3.63, 3.8) is 0 Å². The average Bonchev–Trinajstić information content (AvgIpc) is 0.746.